The molecule has 1 aliphatic rings. The summed E-state index contributed by atoms with van der Waals surface area (Å²) in [6.07, 6.45) is 2.59. The van der Waals surface area contributed by atoms with Crippen molar-refractivity contribution in [2.45, 2.75) is 19.4 Å². The fourth-order valence-corrected chi connectivity index (χ4v) is 2.84. The highest BCUT2D eigenvalue weighted by Gasteiger charge is 2.21. The fourth-order valence-electron chi connectivity index (χ4n) is 2.21. The molecule has 4 heteroatoms. The Hall–Kier alpha value is -1.40. The number of anilines is 1. The summed E-state index contributed by atoms with van der Waals surface area (Å²) < 4.78 is 6.64. The van der Waals surface area contributed by atoms with Gasteiger partial charge in [0.1, 0.15) is 0 Å². The molecule has 0 radical (unpaired) electrons. The predicted molar refractivity (Wildman–Crippen MR) is 95.9 cm³/mol. The SMILES string of the molecule is O=C(Nc1cccc(COCC2CC2)c1)c1ccccc1I. The van der Waals surface area contributed by atoms with E-state index in [0.29, 0.717) is 12.2 Å². The largest absolute Gasteiger partial charge is 0.376 e. The Morgan fingerprint density at radius 3 is 2.77 bits per heavy atom. The number of hydrogen-bond donors (Lipinski definition) is 1. The summed E-state index contributed by atoms with van der Waals surface area (Å²) >= 11 is 2.17. The molecule has 0 atom stereocenters. The average molecular weight is 407 g/mol. The molecule has 22 heavy (non-hydrogen) atoms. The van der Waals surface area contributed by atoms with Crippen molar-refractivity contribution in [2.75, 3.05) is 11.9 Å². The molecule has 0 aliphatic heterocycles. The third kappa shape index (κ3) is 4.30. The highest BCUT2D eigenvalue weighted by Crippen LogP contribution is 2.29. The van der Waals surface area contributed by atoms with Gasteiger partial charge in [-0.25, -0.2) is 0 Å². The van der Waals surface area contributed by atoms with Gasteiger partial charge in [0.05, 0.1) is 12.2 Å². The zero-order valence-electron chi connectivity index (χ0n) is 12.2. The number of nitrogens with one attached hydrogen (secondary N) is 1. The molecule has 2 aromatic rings. The minimum atomic E-state index is -0.0824. The van der Waals surface area contributed by atoms with Crippen LogP contribution >= 0.6 is 22.6 Å². The smallest absolute Gasteiger partial charge is 0.256 e. The van der Waals surface area contributed by atoms with E-state index in [1.807, 2.05) is 48.5 Å². The van der Waals surface area contributed by atoms with E-state index < -0.39 is 0 Å². The van der Waals surface area contributed by atoms with E-state index in [2.05, 4.69) is 27.9 Å². The van der Waals surface area contributed by atoms with E-state index >= 15 is 0 Å². The van der Waals surface area contributed by atoms with E-state index in [-0.39, 0.29) is 5.91 Å². The third-order valence-corrected chi connectivity index (χ3v) is 4.56. The van der Waals surface area contributed by atoms with E-state index in [1.165, 1.54) is 12.8 Å². The van der Waals surface area contributed by atoms with E-state index in [0.717, 1.165) is 27.3 Å². The van der Waals surface area contributed by atoms with Crippen LogP contribution in [0.15, 0.2) is 48.5 Å². The van der Waals surface area contributed by atoms with Crippen molar-refractivity contribution in [1.29, 1.82) is 0 Å². The molecule has 0 saturated heterocycles. The summed E-state index contributed by atoms with van der Waals surface area (Å²) in [5.41, 5.74) is 2.58. The highest BCUT2D eigenvalue weighted by atomic mass is 127. The van der Waals surface area contributed by atoms with E-state index in [9.17, 15) is 4.79 Å². The van der Waals surface area contributed by atoms with Crippen molar-refractivity contribution < 1.29 is 9.53 Å². The first-order valence-corrected chi connectivity index (χ1v) is 8.53. The summed E-state index contributed by atoms with van der Waals surface area (Å²) in [4.78, 5) is 12.3. The van der Waals surface area contributed by atoms with Crippen LogP contribution in [-0.4, -0.2) is 12.5 Å². The summed E-state index contributed by atoms with van der Waals surface area (Å²) in [7, 11) is 0. The first-order chi connectivity index (χ1) is 10.7. The maximum atomic E-state index is 12.3. The van der Waals surface area contributed by atoms with E-state index in [1.54, 1.807) is 0 Å². The standard InChI is InChI=1S/C18H18INO2/c19-17-7-2-1-6-16(17)18(21)20-15-5-3-4-14(10-15)12-22-11-13-8-9-13/h1-7,10,13H,8-9,11-12H2,(H,20,21). The number of benzene rings is 2. The zero-order chi connectivity index (χ0) is 15.4. The van der Waals surface area contributed by atoms with Crippen LogP contribution in [0, 0.1) is 9.49 Å². The number of carbonyl (C=O) groups excluding carboxylic acids is 1. The van der Waals surface area contributed by atoms with Crippen molar-refractivity contribution in [3.8, 4) is 0 Å². The van der Waals surface area contributed by atoms with Crippen LogP contribution in [0.5, 0.6) is 0 Å². The number of hydrogen-bond acceptors (Lipinski definition) is 2. The summed E-state index contributed by atoms with van der Waals surface area (Å²) in [5.74, 6) is 0.684. The molecule has 1 amide bonds. The van der Waals surface area contributed by atoms with Gasteiger partial charge in [-0.2, -0.15) is 0 Å². The van der Waals surface area contributed by atoms with Gasteiger partial charge in [0.2, 0.25) is 0 Å². The Balaban J connectivity index is 1.61. The van der Waals surface area contributed by atoms with Gasteiger partial charge in [-0.1, -0.05) is 24.3 Å². The maximum Gasteiger partial charge on any atom is 0.256 e. The molecule has 114 valence electrons. The fraction of sp³-hybridized carbons (Fsp3) is 0.278. The number of rotatable bonds is 6. The Kier molecular flexibility index (Phi) is 5.10. The Labute approximate surface area is 144 Å². The van der Waals surface area contributed by atoms with Gasteiger partial charge in [-0.05, 0) is 71.2 Å². The minimum absolute atomic E-state index is 0.0824. The number of ether oxygens (including phenoxy) is 1. The lowest BCUT2D eigenvalue weighted by atomic mass is 10.2. The second-order valence-electron chi connectivity index (χ2n) is 5.59. The van der Waals surface area contributed by atoms with E-state index in [4.69, 9.17) is 4.74 Å². The molecule has 0 aromatic heterocycles. The van der Waals surface area contributed by atoms with Gasteiger partial charge in [-0.15, -0.1) is 0 Å². The van der Waals surface area contributed by atoms with Crippen LogP contribution in [0.3, 0.4) is 0 Å². The van der Waals surface area contributed by atoms with Gasteiger partial charge in [-0.3, -0.25) is 4.79 Å². The number of amides is 1. The van der Waals surface area contributed by atoms with Crippen LogP contribution in [0.1, 0.15) is 28.8 Å². The average Bonchev–Trinajstić information content (AvgIpc) is 3.32. The van der Waals surface area contributed by atoms with Gasteiger partial charge in [0.15, 0.2) is 0 Å². The summed E-state index contributed by atoms with van der Waals surface area (Å²) in [5, 5.41) is 2.95. The monoisotopic (exact) mass is 407 g/mol. The quantitative estimate of drug-likeness (QED) is 0.718. The van der Waals surface area contributed by atoms with Crippen molar-refractivity contribution >= 4 is 34.2 Å². The number of carbonyl (C=O) groups is 1. The van der Waals surface area contributed by atoms with Crippen molar-refractivity contribution in [3.05, 3.63) is 63.2 Å². The molecule has 2 aromatic carbocycles. The normalized spacial score (nSPS) is 13.9. The second-order valence-corrected chi connectivity index (χ2v) is 6.76. The third-order valence-electron chi connectivity index (χ3n) is 3.62. The van der Waals surface area contributed by atoms with Gasteiger partial charge in [0.25, 0.3) is 5.91 Å². The molecule has 1 aliphatic carbocycles. The number of halogens is 1. The molecule has 3 nitrogen and oxygen atoms in total. The molecule has 1 saturated carbocycles. The zero-order valence-corrected chi connectivity index (χ0v) is 14.4. The molecule has 1 N–H and O–H groups in total. The van der Waals surface area contributed by atoms with Crippen molar-refractivity contribution in [1.82, 2.24) is 0 Å². The molecule has 3 rings (SSSR count). The molecule has 1 fully saturated rings. The summed E-state index contributed by atoms with van der Waals surface area (Å²) in [6, 6.07) is 15.4. The maximum absolute atomic E-state index is 12.3. The molecule has 0 spiro atoms. The lowest BCUT2D eigenvalue weighted by Crippen LogP contribution is -2.13. The van der Waals surface area contributed by atoms with Crippen LogP contribution in [0.4, 0.5) is 5.69 Å². The van der Waals surface area contributed by atoms with Gasteiger partial charge >= 0.3 is 0 Å². The van der Waals surface area contributed by atoms with Gasteiger partial charge in [0, 0.05) is 15.9 Å². The minimum Gasteiger partial charge on any atom is -0.376 e. The Bertz CT molecular complexity index is 668. The lowest BCUT2D eigenvalue weighted by molar-refractivity contribution is 0.102. The molecular weight excluding hydrogens is 389 g/mol. The first kappa shape index (κ1) is 15.5. The molecule has 0 unspecified atom stereocenters. The predicted octanol–water partition coefficient (Wildman–Crippen LogP) is 4.47. The lowest BCUT2D eigenvalue weighted by Gasteiger charge is -2.09. The van der Waals surface area contributed by atoms with Crippen LogP contribution in [0.2, 0.25) is 0 Å². The first-order valence-electron chi connectivity index (χ1n) is 7.45. The summed E-state index contributed by atoms with van der Waals surface area (Å²) in [6.45, 7) is 1.45. The van der Waals surface area contributed by atoms with Crippen LogP contribution < -0.4 is 5.32 Å². The van der Waals surface area contributed by atoms with Crippen LogP contribution in [0.25, 0.3) is 0 Å². The molecule has 0 bridgehead atoms. The Morgan fingerprint density at radius 2 is 2.00 bits per heavy atom. The topological polar surface area (TPSA) is 38.3 Å². The van der Waals surface area contributed by atoms with Crippen molar-refractivity contribution in [2.24, 2.45) is 5.92 Å². The van der Waals surface area contributed by atoms with Crippen molar-refractivity contribution in [3.63, 3.8) is 0 Å². The molecule has 0 heterocycles. The van der Waals surface area contributed by atoms with Gasteiger partial charge < -0.3 is 10.1 Å². The van der Waals surface area contributed by atoms with Crippen LogP contribution in [-0.2, 0) is 11.3 Å². The Morgan fingerprint density at radius 1 is 1.18 bits per heavy atom. The molecular formula is C18H18INO2. The highest BCUT2D eigenvalue weighted by molar-refractivity contribution is 14.1. The second kappa shape index (κ2) is 7.24.